The Kier molecular flexibility index (Phi) is 35.6. The van der Waals surface area contributed by atoms with Gasteiger partial charge in [0.1, 0.15) is 162 Å². The van der Waals surface area contributed by atoms with Gasteiger partial charge in [-0.1, -0.05) is 93.1 Å². The van der Waals surface area contributed by atoms with Crippen LogP contribution >= 0.6 is 23.2 Å². The molecule has 15 rings (SSSR count). The van der Waals surface area contributed by atoms with E-state index in [1.165, 1.54) is 30.3 Å². The third-order valence-corrected chi connectivity index (χ3v) is 24.8. The van der Waals surface area contributed by atoms with Gasteiger partial charge < -0.3 is 179 Å². The Labute approximate surface area is 810 Å². The van der Waals surface area contributed by atoms with Gasteiger partial charge in [0, 0.05) is 38.4 Å². The first-order valence-electron chi connectivity index (χ1n) is 45.4. The highest BCUT2D eigenvalue weighted by Gasteiger charge is 2.52. The summed E-state index contributed by atoms with van der Waals surface area (Å²) in [7, 11) is 0. The number of phenols is 4. The van der Waals surface area contributed by atoms with Crippen LogP contribution in [0.5, 0.6) is 69.0 Å². The number of rotatable bonds is 30. The summed E-state index contributed by atoms with van der Waals surface area (Å²) in [5.41, 5.74) is 10.6. The van der Waals surface area contributed by atoms with Crippen LogP contribution in [-0.4, -0.2) is 275 Å². The quantitative estimate of drug-likeness (QED) is 0.0271. The number of aliphatic hydroxyl groups excluding tert-OH is 10. The van der Waals surface area contributed by atoms with Crippen molar-refractivity contribution in [2.75, 3.05) is 46.0 Å². The number of amides is 9. The molecule has 28 N–H and O–H groups in total. The molecule has 140 heavy (non-hydrogen) atoms. The number of nitrogens with one attached hydrogen (secondary N) is 10. The van der Waals surface area contributed by atoms with Crippen molar-refractivity contribution < 1.29 is 157 Å². The fourth-order valence-electron chi connectivity index (χ4n) is 16.7. The summed E-state index contributed by atoms with van der Waals surface area (Å²) in [5, 5.41) is 183. The van der Waals surface area contributed by atoms with Crippen molar-refractivity contribution in [3.05, 3.63) is 176 Å². The fraction of sp³-hybridized carbons (Fsp3) is 0.457. The summed E-state index contributed by atoms with van der Waals surface area (Å²) in [6, 6.07) is 4.84. The third kappa shape index (κ3) is 25.6. The summed E-state index contributed by atoms with van der Waals surface area (Å²) >= 11 is 14.8. The standard InChI is InChI=1S/C94H114Cl2N12O32/c1-41(2)10-6-4-5-7-11-67(117)103-74-80(122)77(119)65(39-110)137-93(74)140-84-62-34-49-35-63(84)135-60-21-16-46(32-56(60)96)83(139-92-73(101-42(3)112)79(121)76(118)64(38-109)136-92)75(91(131)106-70(87(127)100-25-9-24-99-23-8-22-97)47-28-52(115)37-54(31-47)133-94-82(124)81(123)78(120)66(40-111)138-94)108-88(128)69(44-13-17-50(113)18-14-44)105-90(130)72(49)107-89(129)71-48-29-51(114)36-53(30-48)132-61-33-45(15-19-58(61)116)68(98)86(126)102-57(85(125)104-71)27-43-12-20-59(134-62)55(95)26-43/h12-21,26,28-37,41,57,64-66,68-83,92-94,99,109-111,113-116,118-124H,4-11,22-25,27,38-40,97-98H2,1-3H3,(H,100,127)(H,101,112)(H,102,126)(H,103,117)(H,104,125)(H,105,130)(H,106,131)(H,107,129)(H,108,128)/t57-,64-,65-,66-,68-,69-,70+,71+,72-,73-,74-,75+,76-,77-,78-,79-,80-,81+,82+,83-,92+,93+,94+/m1/s1. The minimum atomic E-state index is -2.55. The van der Waals surface area contributed by atoms with Gasteiger partial charge in [-0.15, -0.1) is 0 Å². The summed E-state index contributed by atoms with van der Waals surface area (Å²) in [5.74, 6) is -16.7. The highest BCUT2D eigenvalue weighted by atomic mass is 35.5. The molecular formula is C94H114Cl2N12O32. The normalized spacial score (nSPS) is 27.2. The maximum absolute atomic E-state index is 16.9. The lowest BCUT2D eigenvalue weighted by Crippen LogP contribution is -2.65. The number of nitrogens with two attached hydrogens (primary N) is 2. The largest absolute Gasteiger partial charge is 0.508 e. The second-order valence-corrected chi connectivity index (χ2v) is 35.9. The minimum absolute atomic E-state index is 0.0409. The highest BCUT2D eigenvalue weighted by molar-refractivity contribution is 6.32. The van der Waals surface area contributed by atoms with E-state index >= 15 is 28.8 Å². The molecule has 7 aromatic carbocycles. The van der Waals surface area contributed by atoms with Crippen molar-refractivity contribution in [1.82, 2.24) is 53.2 Å². The molecule has 8 aliphatic rings. The van der Waals surface area contributed by atoms with Crippen molar-refractivity contribution >= 4 is 76.4 Å². The lowest BCUT2D eigenvalue weighted by Gasteiger charge is -2.44. The smallest absolute Gasteiger partial charge is 0.248 e. The van der Waals surface area contributed by atoms with Gasteiger partial charge in [-0.05, 0) is 169 Å². The van der Waals surface area contributed by atoms with E-state index < -0.39 is 288 Å². The summed E-state index contributed by atoms with van der Waals surface area (Å²) in [4.78, 5) is 140. The van der Waals surface area contributed by atoms with E-state index in [2.05, 4.69) is 67.0 Å². The van der Waals surface area contributed by atoms with Crippen LogP contribution in [0.2, 0.25) is 10.0 Å². The summed E-state index contributed by atoms with van der Waals surface area (Å²) in [6.07, 6.45) is -24.0. The van der Waals surface area contributed by atoms with E-state index in [9.17, 15) is 85.9 Å². The number of hydrogen-bond donors (Lipinski definition) is 26. The molecule has 44 nitrogen and oxygen atoms in total. The fourth-order valence-corrected chi connectivity index (χ4v) is 17.2. The van der Waals surface area contributed by atoms with E-state index in [-0.39, 0.29) is 76.0 Å². The lowest BCUT2D eigenvalue weighted by atomic mass is 9.95. The molecule has 13 bridgehead atoms. The van der Waals surface area contributed by atoms with Crippen molar-refractivity contribution in [2.24, 2.45) is 17.4 Å². The van der Waals surface area contributed by atoms with Crippen LogP contribution in [0.3, 0.4) is 0 Å². The zero-order chi connectivity index (χ0) is 101. The van der Waals surface area contributed by atoms with Crippen molar-refractivity contribution in [3.63, 3.8) is 0 Å². The molecule has 0 saturated carbocycles. The number of carbonyl (C=O) groups excluding carboxylic acids is 9. The van der Waals surface area contributed by atoms with E-state index in [1.807, 2.05) is 0 Å². The SMILES string of the molecule is CC(=O)N[C@H]1[C@H](O[C@@H]2c3ccc(c(Cl)c3)Oc3cc4cc(c3O[C@@H]3O[C@H](CO)[C@@H](O)[C@H](O)[C@H]3NC(=O)CCCCCCC(C)C)Oc3ccc(cc3Cl)C[C@H]3NC(=O)[C@H](N)c5ccc(O)c(c5)Oc5cc(O)cc(c5)[C@H](NC3=O)C(=O)N[C@H]4C(=O)N[C@H](c3ccc(O)cc3)C(=O)N[C@@H]2C(=O)N[C@H](C(=O)NCCCNCCCN)c2cc(O)cc(O[C@H]3O[C@H](CO)[C@@H](O)[C@H](O)[C@@H]3O)c2)O[C@H](CO)[C@@H](O)[C@@H]1O. The number of ether oxygens (including phenoxy) is 9. The number of hydrogen-bond acceptors (Lipinski definition) is 35. The average molecular weight is 1990 g/mol. The van der Waals surface area contributed by atoms with Gasteiger partial charge in [-0.2, -0.15) is 0 Å². The van der Waals surface area contributed by atoms with Gasteiger partial charge in [0.2, 0.25) is 71.5 Å². The van der Waals surface area contributed by atoms with E-state index in [0.29, 0.717) is 38.3 Å². The Morgan fingerprint density at radius 3 is 1.70 bits per heavy atom. The number of fused-ring (bicyclic) bond motifs is 15. The Morgan fingerprint density at radius 2 is 1.06 bits per heavy atom. The van der Waals surface area contributed by atoms with Crippen LogP contribution in [0.25, 0.3) is 0 Å². The molecular weight excluding hydrogens is 1880 g/mol. The monoisotopic (exact) mass is 1990 g/mol. The number of aliphatic hydroxyl groups is 10. The summed E-state index contributed by atoms with van der Waals surface area (Å²) in [6.45, 7) is 3.07. The molecule has 23 atom stereocenters. The van der Waals surface area contributed by atoms with Crippen molar-refractivity contribution in [1.29, 1.82) is 0 Å². The van der Waals surface area contributed by atoms with E-state index in [1.54, 1.807) is 0 Å². The zero-order valence-electron chi connectivity index (χ0n) is 75.8. The van der Waals surface area contributed by atoms with Crippen LogP contribution in [0.4, 0.5) is 0 Å². The van der Waals surface area contributed by atoms with Crippen LogP contribution in [-0.2, 0) is 68.5 Å². The van der Waals surface area contributed by atoms with Crippen molar-refractivity contribution in [3.8, 4) is 69.0 Å². The Hall–Kier alpha value is -12.1. The molecule has 3 saturated heterocycles. The van der Waals surface area contributed by atoms with Gasteiger partial charge >= 0.3 is 0 Å². The molecule has 9 amide bonds. The average Bonchev–Trinajstić information content (AvgIpc) is 0.764. The molecule has 0 unspecified atom stereocenters. The van der Waals surface area contributed by atoms with Crippen LogP contribution in [0, 0.1) is 5.92 Å². The predicted octanol–water partition coefficient (Wildman–Crippen LogP) is 0.399. The molecule has 8 aliphatic heterocycles. The van der Waals surface area contributed by atoms with Crippen LogP contribution in [0.1, 0.15) is 147 Å². The maximum Gasteiger partial charge on any atom is 0.248 e. The van der Waals surface area contributed by atoms with Crippen LogP contribution in [0.15, 0.2) is 127 Å². The number of halogens is 2. The van der Waals surface area contributed by atoms with E-state index in [0.717, 1.165) is 123 Å². The molecule has 0 aliphatic carbocycles. The molecule has 0 radical (unpaired) electrons. The van der Waals surface area contributed by atoms with Crippen molar-refractivity contribution in [2.45, 2.75) is 219 Å². The molecule has 7 aromatic rings. The van der Waals surface area contributed by atoms with Gasteiger partial charge in [0.25, 0.3) is 0 Å². The second kappa shape index (κ2) is 47.4. The first kappa shape index (κ1) is 105. The molecule has 0 aromatic heterocycles. The molecule has 0 spiro atoms. The minimum Gasteiger partial charge on any atom is -0.508 e. The number of benzene rings is 7. The Balaban J connectivity index is 1.04. The van der Waals surface area contributed by atoms with Crippen LogP contribution < -0.4 is 88.3 Å². The van der Waals surface area contributed by atoms with Gasteiger partial charge in [0.15, 0.2) is 29.3 Å². The third-order valence-electron chi connectivity index (χ3n) is 24.2. The lowest BCUT2D eigenvalue weighted by molar-refractivity contribution is -0.284. The van der Waals surface area contributed by atoms with Gasteiger partial charge in [-0.25, -0.2) is 0 Å². The number of phenolic OH excluding ortho intramolecular Hbond substituents is 4. The first-order valence-corrected chi connectivity index (χ1v) is 46.1. The zero-order valence-corrected chi connectivity index (χ0v) is 77.3. The molecule has 8 heterocycles. The van der Waals surface area contributed by atoms with E-state index in [4.69, 9.17) is 77.3 Å². The second-order valence-electron chi connectivity index (χ2n) is 35.0. The maximum atomic E-state index is 16.9. The summed E-state index contributed by atoms with van der Waals surface area (Å²) < 4.78 is 57.6. The van der Waals surface area contributed by atoms with Gasteiger partial charge in [-0.3, -0.25) is 43.2 Å². The Morgan fingerprint density at radius 1 is 0.500 bits per heavy atom. The van der Waals surface area contributed by atoms with Gasteiger partial charge in [0.05, 0.1) is 29.9 Å². The number of aromatic hydroxyl groups is 4. The molecule has 756 valence electrons. The highest BCUT2D eigenvalue weighted by Crippen LogP contribution is 2.50. The number of unbranched alkanes of at least 4 members (excludes halogenated alkanes) is 3. The molecule has 3 fully saturated rings. The predicted molar refractivity (Wildman–Crippen MR) is 491 cm³/mol. The first-order chi connectivity index (χ1) is 66.9. The Bertz CT molecular complexity index is 5600. The topological polar surface area (TPSA) is 692 Å². The molecule has 46 heteroatoms. The number of carbonyl (C=O) groups is 9.